The summed E-state index contributed by atoms with van der Waals surface area (Å²) in [4.78, 5) is 0. The van der Waals surface area contributed by atoms with Gasteiger partial charge in [-0.2, -0.15) is 0 Å². The molecule has 0 fully saturated rings. The Bertz CT molecular complexity index is 365. The smallest absolute Gasteiger partial charge is 0.160 e. The normalized spacial score (nSPS) is 12.2. The van der Waals surface area contributed by atoms with Crippen LogP contribution < -0.4 is 0 Å². The minimum Gasteiger partial charge on any atom is -0.356 e. The van der Waals surface area contributed by atoms with Crippen LogP contribution in [0.1, 0.15) is 24.5 Å². The van der Waals surface area contributed by atoms with Crippen LogP contribution in [0.25, 0.3) is 0 Å². The van der Waals surface area contributed by atoms with Crippen LogP contribution >= 0.6 is 0 Å². The Morgan fingerprint density at radius 3 is 2.59 bits per heavy atom. The van der Waals surface area contributed by atoms with E-state index in [1.54, 1.807) is 14.2 Å². The summed E-state index contributed by atoms with van der Waals surface area (Å²) in [7, 11) is 3.34. The molecule has 2 heteroatoms. The van der Waals surface area contributed by atoms with E-state index in [9.17, 15) is 0 Å². The lowest BCUT2D eigenvalue weighted by atomic mass is 10.1. The zero-order chi connectivity index (χ0) is 12.7. The minimum atomic E-state index is -0.135. The van der Waals surface area contributed by atoms with Crippen molar-refractivity contribution in [1.29, 1.82) is 0 Å². The Morgan fingerprint density at radius 1 is 1.29 bits per heavy atom. The monoisotopic (exact) mass is 234 g/mol. The van der Waals surface area contributed by atoms with Gasteiger partial charge >= 0.3 is 0 Å². The Kier molecular flexibility index (Phi) is 5.95. The number of hydrogen-bond donors (Lipinski definition) is 0. The van der Waals surface area contributed by atoms with E-state index >= 15 is 0 Å². The van der Waals surface area contributed by atoms with Crippen molar-refractivity contribution in [2.24, 2.45) is 0 Å². The molecule has 94 valence electrons. The van der Waals surface area contributed by atoms with E-state index in [1.807, 2.05) is 0 Å². The van der Waals surface area contributed by atoms with E-state index in [-0.39, 0.29) is 6.29 Å². The molecule has 0 radical (unpaired) electrons. The largest absolute Gasteiger partial charge is 0.356 e. The fourth-order valence-electron chi connectivity index (χ4n) is 1.74. The Labute approximate surface area is 104 Å². The van der Waals surface area contributed by atoms with Crippen LogP contribution in [0, 0.1) is 6.92 Å². The van der Waals surface area contributed by atoms with Gasteiger partial charge in [-0.25, -0.2) is 0 Å². The predicted molar refractivity (Wildman–Crippen MR) is 71.1 cm³/mol. The van der Waals surface area contributed by atoms with Crippen LogP contribution in [0.5, 0.6) is 0 Å². The molecule has 0 aliphatic carbocycles. The van der Waals surface area contributed by atoms with E-state index in [0.717, 1.165) is 12.8 Å². The summed E-state index contributed by atoms with van der Waals surface area (Å²) in [6, 6.07) is 8.59. The summed E-state index contributed by atoms with van der Waals surface area (Å²) < 4.78 is 10.4. The number of methoxy groups -OCH3 is 2. The predicted octanol–water partition coefficient (Wildman–Crippen LogP) is 3.49. The second kappa shape index (κ2) is 7.25. The molecule has 2 nitrogen and oxygen atoms in total. The Balaban J connectivity index is 2.52. The van der Waals surface area contributed by atoms with Crippen LogP contribution in [0.2, 0.25) is 0 Å². The highest BCUT2D eigenvalue weighted by molar-refractivity contribution is 5.24. The van der Waals surface area contributed by atoms with Gasteiger partial charge in [0.25, 0.3) is 0 Å². The fraction of sp³-hybridized carbons (Fsp3) is 0.467. The van der Waals surface area contributed by atoms with Crippen LogP contribution in [0.3, 0.4) is 0 Å². The van der Waals surface area contributed by atoms with Gasteiger partial charge in [0, 0.05) is 20.6 Å². The van der Waals surface area contributed by atoms with Crippen LogP contribution in [-0.2, 0) is 15.9 Å². The van der Waals surface area contributed by atoms with Crippen molar-refractivity contribution in [2.75, 3.05) is 14.2 Å². The third-order valence-electron chi connectivity index (χ3n) is 2.78. The van der Waals surface area contributed by atoms with E-state index in [4.69, 9.17) is 9.47 Å². The average molecular weight is 234 g/mol. The van der Waals surface area contributed by atoms with Crippen LogP contribution in [0.4, 0.5) is 0 Å². The van der Waals surface area contributed by atoms with Gasteiger partial charge in [0.2, 0.25) is 0 Å². The molecular weight excluding hydrogens is 212 g/mol. The molecule has 0 N–H and O–H groups in total. The molecule has 0 amide bonds. The number of rotatable bonds is 6. The molecule has 0 atom stereocenters. The van der Waals surface area contributed by atoms with Crippen molar-refractivity contribution in [3.63, 3.8) is 0 Å². The van der Waals surface area contributed by atoms with Gasteiger partial charge in [0.1, 0.15) is 0 Å². The summed E-state index contributed by atoms with van der Waals surface area (Å²) in [5.41, 5.74) is 3.94. The lowest BCUT2D eigenvalue weighted by molar-refractivity contribution is -0.100. The quantitative estimate of drug-likeness (QED) is 0.554. The first-order valence-electron chi connectivity index (χ1n) is 5.92. The lowest BCUT2D eigenvalue weighted by Crippen LogP contribution is -2.12. The molecule has 0 saturated heterocycles. The second-order valence-electron chi connectivity index (χ2n) is 4.35. The summed E-state index contributed by atoms with van der Waals surface area (Å²) in [6.45, 7) is 4.23. The van der Waals surface area contributed by atoms with Crippen molar-refractivity contribution in [3.05, 3.63) is 47.0 Å². The first kappa shape index (κ1) is 13.9. The van der Waals surface area contributed by atoms with Gasteiger partial charge in [0.15, 0.2) is 6.29 Å². The van der Waals surface area contributed by atoms with E-state index in [2.05, 4.69) is 44.2 Å². The van der Waals surface area contributed by atoms with Crippen LogP contribution in [0.15, 0.2) is 35.9 Å². The molecule has 0 bridgehead atoms. The summed E-state index contributed by atoms with van der Waals surface area (Å²) in [6.07, 6.45) is 3.88. The maximum Gasteiger partial charge on any atom is 0.160 e. The third kappa shape index (κ3) is 5.16. The van der Waals surface area contributed by atoms with Gasteiger partial charge in [-0.15, -0.1) is 0 Å². The second-order valence-corrected chi connectivity index (χ2v) is 4.35. The molecule has 0 heterocycles. The Morgan fingerprint density at radius 2 is 2.00 bits per heavy atom. The first-order valence-corrected chi connectivity index (χ1v) is 5.92. The third-order valence-corrected chi connectivity index (χ3v) is 2.78. The van der Waals surface area contributed by atoms with Gasteiger partial charge in [-0.05, 0) is 25.8 Å². The molecule has 0 aliphatic rings. The fourth-order valence-corrected chi connectivity index (χ4v) is 1.74. The summed E-state index contributed by atoms with van der Waals surface area (Å²) in [5, 5.41) is 0. The first-order chi connectivity index (χ1) is 8.15. The Hall–Kier alpha value is -1.12. The SMILES string of the molecule is COC(C/C(C)=C/Cc1cccc(C)c1)OC. The molecular formula is C15H22O2. The zero-order valence-corrected chi connectivity index (χ0v) is 11.2. The van der Waals surface area contributed by atoms with Gasteiger partial charge in [-0.3, -0.25) is 0 Å². The highest BCUT2D eigenvalue weighted by Gasteiger charge is 2.05. The van der Waals surface area contributed by atoms with E-state index in [0.29, 0.717) is 0 Å². The van der Waals surface area contributed by atoms with Crippen molar-refractivity contribution in [1.82, 2.24) is 0 Å². The number of aryl methyl sites for hydroxylation is 1. The number of allylic oxidation sites excluding steroid dienone is 1. The maximum absolute atomic E-state index is 5.18. The molecule has 17 heavy (non-hydrogen) atoms. The van der Waals surface area contributed by atoms with E-state index in [1.165, 1.54) is 16.7 Å². The number of hydrogen-bond acceptors (Lipinski definition) is 2. The van der Waals surface area contributed by atoms with Gasteiger partial charge in [-0.1, -0.05) is 41.5 Å². The summed E-state index contributed by atoms with van der Waals surface area (Å²) in [5.74, 6) is 0. The molecule has 1 rings (SSSR count). The highest BCUT2D eigenvalue weighted by Crippen LogP contribution is 2.11. The molecule has 1 aromatic rings. The lowest BCUT2D eigenvalue weighted by Gasteiger charge is -2.13. The topological polar surface area (TPSA) is 18.5 Å². The van der Waals surface area contributed by atoms with Crippen molar-refractivity contribution in [3.8, 4) is 0 Å². The zero-order valence-electron chi connectivity index (χ0n) is 11.2. The van der Waals surface area contributed by atoms with Crippen molar-refractivity contribution >= 4 is 0 Å². The van der Waals surface area contributed by atoms with Crippen molar-refractivity contribution in [2.45, 2.75) is 33.0 Å². The molecule has 0 unspecified atom stereocenters. The number of benzene rings is 1. The molecule has 0 spiro atoms. The molecule has 0 aromatic heterocycles. The van der Waals surface area contributed by atoms with E-state index < -0.39 is 0 Å². The molecule has 0 saturated carbocycles. The molecule has 0 aliphatic heterocycles. The summed E-state index contributed by atoms with van der Waals surface area (Å²) >= 11 is 0. The highest BCUT2D eigenvalue weighted by atomic mass is 16.7. The number of ether oxygens (including phenoxy) is 2. The van der Waals surface area contributed by atoms with Crippen molar-refractivity contribution < 1.29 is 9.47 Å². The van der Waals surface area contributed by atoms with Crippen LogP contribution in [-0.4, -0.2) is 20.5 Å². The standard InChI is InChI=1S/C15H22O2/c1-12-6-5-7-14(10-12)9-8-13(2)11-15(16-3)17-4/h5-8,10,15H,9,11H2,1-4H3/b13-8+. The maximum atomic E-state index is 5.18. The average Bonchev–Trinajstić information content (AvgIpc) is 2.33. The minimum absolute atomic E-state index is 0.135. The molecule has 1 aromatic carbocycles. The van der Waals surface area contributed by atoms with Gasteiger partial charge < -0.3 is 9.47 Å². The van der Waals surface area contributed by atoms with Gasteiger partial charge in [0.05, 0.1) is 0 Å².